The lowest BCUT2D eigenvalue weighted by Gasteiger charge is -2.40. The Balaban J connectivity index is 2.20. The van der Waals surface area contributed by atoms with E-state index in [1.54, 1.807) is 25.1 Å². The van der Waals surface area contributed by atoms with E-state index in [4.69, 9.17) is 38.3 Å². The molecular formula is C18H25ClN4O3. The summed E-state index contributed by atoms with van der Waals surface area (Å²) in [5, 5.41) is 0.0995. The molecule has 0 aromatic heterocycles. The lowest BCUT2D eigenvalue weighted by atomic mass is 10.0. The van der Waals surface area contributed by atoms with Crippen molar-refractivity contribution < 1.29 is 14.3 Å². The lowest BCUT2D eigenvalue weighted by molar-refractivity contribution is -0.0458. The molecular weight excluding hydrogens is 356 g/mol. The third kappa shape index (κ3) is 4.83. The highest BCUT2D eigenvalue weighted by atomic mass is 35.5. The highest BCUT2D eigenvalue weighted by Gasteiger charge is 2.29. The number of benzene rings is 1. The molecule has 0 radical (unpaired) electrons. The Morgan fingerprint density at radius 2 is 2.00 bits per heavy atom. The zero-order chi connectivity index (χ0) is 19.3. The summed E-state index contributed by atoms with van der Waals surface area (Å²) in [5.74, 6) is -0.207. The van der Waals surface area contributed by atoms with Gasteiger partial charge >= 0.3 is 5.97 Å². The molecule has 0 aliphatic carbocycles. The fraction of sp³-hybridized carbons (Fsp3) is 0.389. The van der Waals surface area contributed by atoms with Crippen molar-refractivity contribution in [2.24, 2.45) is 17.2 Å². The van der Waals surface area contributed by atoms with Gasteiger partial charge in [0.2, 0.25) is 0 Å². The van der Waals surface area contributed by atoms with Crippen molar-refractivity contribution in [3.8, 4) is 0 Å². The van der Waals surface area contributed by atoms with Gasteiger partial charge < -0.3 is 31.6 Å². The van der Waals surface area contributed by atoms with Gasteiger partial charge in [-0.15, -0.1) is 0 Å². The van der Waals surface area contributed by atoms with Crippen molar-refractivity contribution in [2.75, 3.05) is 19.8 Å². The minimum atomic E-state index is -0.345. The van der Waals surface area contributed by atoms with E-state index in [0.29, 0.717) is 31.0 Å². The fourth-order valence-electron chi connectivity index (χ4n) is 2.81. The largest absolute Gasteiger partial charge is 0.462 e. The monoisotopic (exact) mass is 380 g/mol. The van der Waals surface area contributed by atoms with Gasteiger partial charge in [-0.05, 0) is 37.6 Å². The first-order valence-corrected chi connectivity index (χ1v) is 8.74. The van der Waals surface area contributed by atoms with E-state index in [2.05, 4.69) is 0 Å². The van der Waals surface area contributed by atoms with Crippen molar-refractivity contribution in [1.82, 2.24) is 4.90 Å². The SMILES string of the molecule is CCOC(=O)c1ccc(C2CN(C(/C=C(\N)Cl)=C(N)N)C(C)CO2)cc1. The molecule has 0 spiro atoms. The predicted octanol–water partition coefficient (Wildman–Crippen LogP) is 1.75. The number of carbonyl (C=O) groups is 1. The van der Waals surface area contributed by atoms with Crippen LogP contribution < -0.4 is 17.2 Å². The second kappa shape index (κ2) is 8.82. The minimum Gasteiger partial charge on any atom is -0.462 e. The number of hydrogen-bond donors (Lipinski definition) is 3. The van der Waals surface area contributed by atoms with Crippen LogP contribution in [0.4, 0.5) is 0 Å². The van der Waals surface area contributed by atoms with Gasteiger partial charge in [0.05, 0.1) is 24.5 Å². The van der Waals surface area contributed by atoms with Crippen LogP contribution in [0, 0.1) is 0 Å². The van der Waals surface area contributed by atoms with Gasteiger partial charge in [-0.2, -0.15) is 0 Å². The number of esters is 1. The summed E-state index contributed by atoms with van der Waals surface area (Å²) in [7, 11) is 0. The quantitative estimate of drug-likeness (QED) is 0.404. The maximum Gasteiger partial charge on any atom is 0.338 e. The number of hydrogen-bond acceptors (Lipinski definition) is 7. The van der Waals surface area contributed by atoms with E-state index < -0.39 is 0 Å². The zero-order valence-corrected chi connectivity index (χ0v) is 15.7. The molecule has 0 bridgehead atoms. The predicted molar refractivity (Wildman–Crippen MR) is 101 cm³/mol. The van der Waals surface area contributed by atoms with E-state index in [9.17, 15) is 4.79 Å². The van der Waals surface area contributed by atoms with Crippen molar-refractivity contribution in [1.29, 1.82) is 0 Å². The Morgan fingerprint density at radius 3 is 2.54 bits per heavy atom. The number of nitrogens with zero attached hydrogens (tertiary/aromatic N) is 1. The van der Waals surface area contributed by atoms with Gasteiger partial charge in [-0.1, -0.05) is 23.7 Å². The zero-order valence-electron chi connectivity index (χ0n) is 14.9. The summed E-state index contributed by atoms with van der Waals surface area (Å²) < 4.78 is 10.9. The molecule has 1 saturated heterocycles. The van der Waals surface area contributed by atoms with Crippen LogP contribution in [0.1, 0.15) is 35.9 Å². The molecule has 0 amide bonds. The maximum absolute atomic E-state index is 11.8. The summed E-state index contributed by atoms with van der Waals surface area (Å²) in [6.45, 7) is 5.12. The molecule has 6 N–H and O–H groups in total. The molecule has 142 valence electrons. The number of allylic oxidation sites excluding steroid dienone is 1. The highest BCUT2D eigenvalue weighted by molar-refractivity contribution is 6.29. The Kier molecular flexibility index (Phi) is 6.76. The second-order valence-corrected chi connectivity index (χ2v) is 6.47. The van der Waals surface area contributed by atoms with E-state index in [1.807, 2.05) is 24.0 Å². The summed E-state index contributed by atoms with van der Waals surface area (Å²) in [5.41, 5.74) is 19.2. The van der Waals surface area contributed by atoms with Crippen LogP contribution in [-0.2, 0) is 9.47 Å². The number of morpholine rings is 1. The van der Waals surface area contributed by atoms with Crippen LogP contribution in [0.25, 0.3) is 0 Å². The Morgan fingerprint density at radius 1 is 1.35 bits per heavy atom. The van der Waals surface area contributed by atoms with E-state index >= 15 is 0 Å². The molecule has 8 heteroatoms. The van der Waals surface area contributed by atoms with Gasteiger partial charge in [-0.3, -0.25) is 0 Å². The molecule has 1 aromatic rings. The molecule has 1 fully saturated rings. The van der Waals surface area contributed by atoms with Crippen LogP contribution in [0.3, 0.4) is 0 Å². The molecule has 1 aromatic carbocycles. The maximum atomic E-state index is 11.8. The van der Waals surface area contributed by atoms with Gasteiger partial charge in [0.1, 0.15) is 17.1 Å². The van der Waals surface area contributed by atoms with Crippen LogP contribution in [0.2, 0.25) is 0 Å². The van der Waals surface area contributed by atoms with Gasteiger partial charge in [-0.25, -0.2) is 4.79 Å². The van der Waals surface area contributed by atoms with E-state index in [0.717, 1.165) is 5.56 Å². The Labute approximate surface area is 158 Å². The topological polar surface area (TPSA) is 117 Å². The number of carbonyl (C=O) groups excluding carboxylic acids is 1. The number of halogens is 1. The Hall–Kier alpha value is -2.38. The van der Waals surface area contributed by atoms with Crippen molar-refractivity contribution in [2.45, 2.75) is 26.0 Å². The first kappa shape index (κ1) is 19.9. The summed E-state index contributed by atoms with van der Waals surface area (Å²) in [6, 6.07) is 7.21. The van der Waals surface area contributed by atoms with Crippen LogP contribution >= 0.6 is 11.6 Å². The first-order valence-electron chi connectivity index (χ1n) is 8.36. The Bertz CT molecular complexity index is 695. The van der Waals surface area contributed by atoms with Crippen molar-refractivity contribution in [3.05, 3.63) is 58.1 Å². The molecule has 0 saturated carbocycles. The second-order valence-electron chi connectivity index (χ2n) is 6.04. The summed E-state index contributed by atoms with van der Waals surface area (Å²) in [6.07, 6.45) is 1.33. The lowest BCUT2D eigenvalue weighted by Crippen LogP contribution is -2.45. The third-order valence-corrected chi connectivity index (χ3v) is 4.22. The molecule has 7 nitrogen and oxygen atoms in total. The molecule has 1 aliphatic rings. The van der Waals surface area contributed by atoms with Crippen LogP contribution in [0.5, 0.6) is 0 Å². The normalized spacial score (nSPS) is 20.6. The fourth-order valence-corrected chi connectivity index (χ4v) is 2.91. The van der Waals surface area contributed by atoms with Crippen LogP contribution in [-0.4, -0.2) is 36.7 Å². The number of nitrogens with two attached hydrogens (primary N) is 3. The first-order chi connectivity index (χ1) is 12.3. The number of ether oxygens (including phenoxy) is 2. The molecule has 2 rings (SSSR count). The smallest absolute Gasteiger partial charge is 0.338 e. The number of rotatable bonds is 5. The van der Waals surface area contributed by atoms with Crippen LogP contribution in [0.15, 0.2) is 47.0 Å². The molecule has 1 heterocycles. The molecule has 2 unspecified atom stereocenters. The molecule has 1 aliphatic heterocycles. The third-order valence-electron chi connectivity index (χ3n) is 4.11. The van der Waals surface area contributed by atoms with Gasteiger partial charge in [0, 0.05) is 12.6 Å². The standard InChI is InChI=1S/C18H25ClN4O3/c1-3-25-18(24)13-6-4-12(5-7-13)15-9-23(11(2)10-26-15)14(17(21)22)8-16(19)20/h4-8,11,15H,3,9-10,20-22H2,1-2H3/b16-8-. The molecule has 26 heavy (non-hydrogen) atoms. The van der Waals surface area contributed by atoms with Gasteiger partial charge in [0.25, 0.3) is 0 Å². The van der Waals surface area contributed by atoms with Gasteiger partial charge in [0.15, 0.2) is 0 Å². The van der Waals surface area contributed by atoms with E-state index in [1.165, 1.54) is 0 Å². The van der Waals surface area contributed by atoms with Crippen molar-refractivity contribution >= 4 is 17.6 Å². The average Bonchev–Trinajstić information content (AvgIpc) is 2.60. The van der Waals surface area contributed by atoms with E-state index in [-0.39, 0.29) is 29.1 Å². The summed E-state index contributed by atoms with van der Waals surface area (Å²) >= 11 is 5.80. The molecule has 2 atom stereocenters. The summed E-state index contributed by atoms with van der Waals surface area (Å²) in [4.78, 5) is 13.8. The average molecular weight is 381 g/mol. The highest BCUT2D eigenvalue weighted by Crippen LogP contribution is 2.28. The van der Waals surface area contributed by atoms with Crippen molar-refractivity contribution in [3.63, 3.8) is 0 Å². The minimum absolute atomic E-state index is 0.0504.